The predicted octanol–water partition coefficient (Wildman–Crippen LogP) is 2.01. The number of nitrogens with two attached hydrogens (primary N) is 1. The molecule has 19 heavy (non-hydrogen) atoms. The van der Waals surface area contributed by atoms with Gasteiger partial charge in [-0.3, -0.25) is 9.59 Å². The normalized spacial score (nSPS) is 12.2. The van der Waals surface area contributed by atoms with Crippen molar-refractivity contribution in [1.82, 2.24) is 5.32 Å². The summed E-state index contributed by atoms with van der Waals surface area (Å²) in [4.78, 5) is 23.1. The van der Waals surface area contributed by atoms with E-state index in [1.165, 1.54) is 0 Å². The number of nitrogens with one attached hydrogen (secondary N) is 1. The average molecular weight is 327 g/mol. The van der Waals surface area contributed by atoms with E-state index in [0.717, 1.165) is 10.0 Å². The van der Waals surface area contributed by atoms with Gasteiger partial charge in [-0.25, -0.2) is 0 Å². The number of carbonyl (C=O) groups is 2. The monoisotopic (exact) mass is 326 g/mol. The summed E-state index contributed by atoms with van der Waals surface area (Å²) in [6, 6.07) is 6.89. The summed E-state index contributed by atoms with van der Waals surface area (Å²) in [6.45, 7) is 3.90. The summed E-state index contributed by atoms with van der Waals surface area (Å²) in [5.41, 5.74) is 6.29. The highest BCUT2D eigenvalue weighted by Crippen LogP contribution is 2.17. The van der Waals surface area contributed by atoms with E-state index >= 15 is 0 Å². The maximum absolute atomic E-state index is 11.7. The fraction of sp³-hybridized carbons (Fsp3) is 0.429. The first kappa shape index (κ1) is 15.7. The number of carbonyl (C=O) groups excluding carboxylic acids is 2. The fourth-order valence-corrected chi connectivity index (χ4v) is 2.18. The number of benzene rings is 1. The zero-order valence-corrected chi connectivity index (χ0v) is 12.7. The number of primary amides is 1. The minimum absolute atomic E-state index is 0.147. The maximum atomic E-state index is 11.7. The zero-order valence-electron chi connectivity index (χ0n) is 11.2. The van der Waals surface area contributed by atoms with Crippen molar-refractivity contribution in [1.29, 1.82) is 0 Å². The van der Waals surface area contributed by atoms with E-state index in [0.29, 0.717) is 12.8 Å². The predicted molar refractivity (Wildman–Crippen MR) is 78.4 cm³/mol. The van der Waals surface area contributed by atoms with Gasteiger partial charge in [-0.05, 0) is 17.5 Å². The van der Waals surface area contributed by atoms with E-state index in [2.05, 4.69) is 21.2 Å². The van der Waals surface area contributed by atoms with Crippen LogP contribution in [0.15, 0.2) is 28.7 Å². The molecule has 0 fully saturated rings. The molecule has 1 aromatic rings. The van der Waals surface area contributed by atoms with Gasteiger partial charge < -0.3 is 11.1 Å². The highest BCUT2D eigenvalue weighted by molar-refractivity contribution is 9.10. The summed E-state index contributed by atoms with van der Waals surface area (Å²) in [5, 5.41) is 2.69. The summed E-state index contributed by atoms with van der Waals surface area (Å²) < 4.78 is 0.902. The van der Waals surface area contributed by atoms with Gasteiger partial charge in [-0.2, -0.15) is 0 Å². The molecular weight excluding hydrogens is 308 g/mol. The second-order valence-corrected chi connectivity index (χ2v) is 5.77. The van der Waals surface area contributed by atoms with Crippen LogP contribution in [0.4, 0.5) is 0 Å². The van der Waals surface area contributed by atoms with Crippen LogP contribution in [0, 0.1) is 5.92 Å². The Hall–Kier alpha value is -1.36. The van der Waals surface area contributed by atoms with E-state index in [1.54, 1.807) is 0 Å². The summed E-state index contributed by atoms with van der Waals surface area (Å²) in [5.74, 6) is -0.421. The molecule has 0 unspecified atom stereocenters. The number of rotatable bonds is 6. The van der Waals surface area contributed by atoms with Gasteiger partial charge in [0, 0.05) is 17.3 Å². The Bertz CT molecular complexity index is 461. The van der Waals surface area contributed by atoms with Gasteiger partial charge in [0.05, 0.1) is 0 Å². The molecule has 5 heteroatoms. The molecule has 0 aliphatic heterocycles. The lowest BCUT2D eigenvalue weighted by atomic mass is 10.0. The molecule has 0 aliphatic rings. The maximum Gasteiger partial charge on any atom is 0.240 e. The van der Waals surface area contributed by atoms with E-state index in [9.17, 15) is 9.59 Å². The highest BCUT2D eigenvalue weighted by Gasteiger charge is 2.19. The van der Waals surface area contributed by atoms with Crippen LogP contribution in [0.3, 0.4) is 0 Å². The lowest BCUT2D eigenvalue weighted by molar-refractivity contribution is -0.127. The number of hydrogen-bond donors (Lipinski definition) is 2. The Labute approximate surface area is 121 Å². The Morgan fingerprint density at radius 1 is 1.32 bits per heavy atom. The first-order chi connectivity index (χ1) is 8.90. The molecule has 0 spiro atoms. The topological polar surface area (TPSA) is 72.2 Å². The molecule has 0 aromatic heterocycles. The quantitative estimate of drug-likeness (QED) is 0.839. The van der Waals surface area contributed by atoms with Crippen molar-refractivity contribution in [2.45, 2.75) is 32.7 Å². The second kappa shape index (κ2) is 7.28. The van der Waals surface area contributed by atoms with Crippen molar-refractivity contribution in [3.63, 3.8) is 0 Å². The molecule has 4 nitrogen and oxygen atoms in total. The molecule has 0 aliphatic carbocycles. The molecule has 0 saturated carbocycles. The van der Waals surface area contributed by atoms with Crippen molar-refractivity contribution in [2.75, 3.05) is 0 Å². The number of amides is 2. The van der Waals surface area contributed by atoms with Gasteiger partial charge >= 0.3 is 0 Å². The Kier molecular flexibility index (Phi) is 6.02. The van der Waals surface area contributed by atoms with Crippen molar-refractivity contribution in [3.05, 3.63) is 34.3 Å². The lowest BCUT2D eigenvalue weighted by Gasteiger charge is -2.17. The molecule has 1 aromatic carbocycles. The third kappa shape index (κ3) is 5.42. The molecule has 0 bridgehead atoms. The zero-order chi connectivity index (χ0) is 14.4. The van der Waals surface area contributed by atoms with Crippen LogP contribution in [-0.4, -0.2) is 17.9 Å². The summed E-state index contributed by atoms with van der Waals surface area (Å²) >= 11 is 3.42. The van der Waals surface area contributed by atoms with E-state index < -0.39 is 11.9 Å². The van der Waals surface area contributed by atoms with Gasteiger partial charge in [0.1, 0.15) is 6.04 Å². The third-order valence-electron chi connectivity index (χ3n) is 2.65. The van der Waals surface area contributed by atoms with Gasteiger partial charge in [0.25, 0.3) is 0 Å². The Morgan fingerprint density at radius 3 is 2.47 bits per heavy atom. The largest absolute Gasteiger partial charge is 0.368 e. The standard InChI is InChI=1S/C14H19BrN2O2/c1-9(2)7-13(18)17-12(14(16)19)8-10-5-3-4-6-11(10)15/h3-6,9,12H,7-8H2,1-2H3,(H2,16,19)(H,17,18)/t12-/m0/s1. The van der Waals surface area contributed by atoms with Gasteiger partial charge in [0.15, 0.2) is 0 Å². The van der Waals surface area contributed by atoms with Crippen molar-refractivity contribution in [2.24, 2.45) is 11.7 Å². The van der Waals surface area contributed by atoms with Crippen molar-refractivity contribution < 1.29 is 9.59 Å². The average Bonchev–Trinajstić information content (AvgIpc) is 2.29. The van der Waals surface area contributed by atoms with Gasteiger partial charge in [-0.1, -0.05) is 48.0 Å². The Morgan fingerprint density at radius 2 is 1.95 bits per heavy atom. The van der Waals surface area contributed by atoms with Crippen LogP contribution < -0.4 is 11.1 Å². The molecule has 3 N–H and O–H groups in total. The molecule has 104 valence electrons. The van der Waals surface area contributed by atoms with Crippen LogP contribution in [-0.2, 0) is 16.0 Å². The van der Waals surface area contributed by atoms with Crippen LogP contribution in [0.2, 0.25) is 0 Å². The minimum Gasteiger partial charge on any atom is -0.368 e. The minimum atomic E-state index is -0.676. The third-order valence-corrected chi connectivity index (χ3v) is 3.43. The first-order valence-electron chi connectivity index (χ1n) is 6.22. The summed E-state index contributed by atoms with van der Waals surface area (Å²) in [6.07, 6.45) is 0.778. The van der Waals surface area contributed by atoms with Crippen LogP contribution >= 0.6 is 15.9 Å². The SMILES string of the molecule is CC(C)CC(=O)N[C@@H](Cc1ccccc1Br)C(N)=O. The molecule has 1 rings (SSSR count). The van der Waals surface area contributed by atoms with Crippen molar-refractivity contribution in [3.8, 4) is 0 Å². The molecule has 0 saturated heterocycles. The van der Waals surface area contributed by atoms with E-state index in [4.69, 9.17) is 5.73 Å². The first-order valence-corrected chi connectivity index (χ1v) is 7.01. The van der Waals surface area contributed by atoms with Gasteiger partial charge in [0.2, 0.25) is 11.8 Å². The second-order valence-electron chi connectivity index (χ2n) is 4.92. The van der Waals surface area contributed by atoms with Crippen LogP contribution in [0.5, 0.6) is 0 Å². The van der Waals surface area contributed by atoms with Gasteiger partial charge in [-0.15, -0.1) is 0 Å². The molecule has 2 amide bonds. The molecule has 0 heterocycles. The van der Waals surface area contributed by atoms with Crippen LogP contribution in [0.1, 0.15) is 25.8 Å². The van der Waals surface area contributed by atoms with E-state index in [-0.39, 0.29) is 11.8 Å². The molecular formula is C14H19BrN2O2. The smallest absolute Gasteiger partial charge is 0.240 e. The lowest BCUT2D eigenvalue weighted by Crippen LogP contribution is -2.46. The van der Waals surface area contributed by atoms with E-state index in [1.807, 2.05) is 38.1 Å². The molecule has 0 radical (unpaired) electrons. The Balaban J connectivity index is 2.71. The van der Waals surface area contributed by atoms with Crippen LogP contribution in [0.25, 0.3) is 0 Å². The van der Waals surface area contributed by atoms with Crippen molar-refractivity contribution >= 4 is 27.7 Å². The molecule has 1 atom stereocenters. The fourth-order valence-electron chi connectivity index (χ4n) is 1.73. The summed E-state index contributed by atoms with van der Waals surface area (Å²) in [7, 11) is 0. The number of hydrogen-bond acceptors (Lipinski definition) is 2. The number of halogens is 1. The highest BCUT2D eigenvalue weighted by atomic mass is 79.9.